The van der Waals surface area contributed by atoms with Crippen LogP contribution in [0.5, 0.6) is 0 Å². The first-order chi connectivity index (χ1) is 11.7. The maximum absolute atomic E-state index is 11.9. The van der Waals surface area contributed by atoms with E-state index in [1.807, 2.05) is 53.2 Å². The van der Waals surface area contributed by atoms with Crippen LogP contribution in [0.1, 0.15) is 27.3 Å². The number of hydrogen-bond acceptors (Lipinski definition) is 3. The molecule has 0 fully saturated rings. The molecular weight excluding hydrogens is 324 g/mol. The Morgan fingerprint density at radius 1 is 1.12 bits per heavy atom. The van der Waals surface area contributed by atoms with Crippen molar-refractivity contribution in [2.24, 2.45) is 0 Å². The predicted octanol–water partition coefficient (Wildman–Crippen LogP) is 3.96. The molecule has 0 bridgehead atoms. The number of benzene rings is 2. The molecule has 0 aliphatic carbocycles. The van der Waals surface area contributed by atoms with E-state index in [-0.39, 0.29) is 5.97 Å². The van der Waals surface area contributed by atoms with Gasteiger partial charge in [0.25, 0.3) is 0 Å². The van der Waals surface area contributed by atoms with Crippen LogP contribution in [0.25, 0.3) is 0 Å². The lowest BCUT2D eigenvalue weighted by molar-refractivity contribution is 0.0599. The third-order valence-corrected chi connectivity index (χ3v) is 4.24. The summed E-state index contributed by atoms with van der Waals surface area (Å²) in [7, 11) is 1.39. The van der Waals surface area contributed by atoms with Gasteiger partial charge in [0.1, 0.15) is 5.82 Å². The van der Waals surface area contributed by atoms with E-state index in [9.17, 15) is 4.79 Å². The van der Waals surface area contributed by atoms with Gasteiger partial charge in [0.15, 0.2) is 0 Å². The van der Waals surface area contributed by atoms with Crippen LogP contribution in [0.3, 0.4) is 0 Å². The van der Waals surface area contributed by atoms with Crippen LogP contribution in [-0.4, -0.2) is 22.6 Å². The van der Waals surface area contributed by atoms with Crippen molar-refractivity contribution in [3.63, 3.8) is 0 Å². The number of imidazole rings is 1. The van der Waals surface area contributed by atoms with Crippen LogP contribution in [0.15, 0.2) is 60.9 Å². The molecule has 3 aromatic rings. The number of halogens is 1. The summed E-state index contributed by atoms with van der Waals surface area (Å²) >= 11 is 6.24. The average Bonchev–Trinajstić information content (AvgIpc) is 3.03. The lowest BCUT2D eigenvalue weighted by Gasteiger charge is -2.12. The zero-order valence-electron chi connectivity index (χ0n) is 13.3. The Bertz CT molecular complexity index is 858. The molecule has 0 aliphatic rings. The maximum atomic E-state index is 11.9. The number of hydrogen-bond donors (Lipinski definition) is 0. The Morgan fingerprint density at radius 2 is 1.83 bits per heavy atom. The smallest absolute Gasteiger partial charge is 0.338 e. The zero-order chi connectivity index (χ0) is 16.9. The van der Waals surface area contributed by atoms with Gasteiger partial charge >= 0.3 is 5.97 Å². The molecule has 4 nitrogen and oxygen atoms in total. The van der Waals surface area contributed by atoms with E-state index < -0.39 is 0 Å². The summed E-state index contributed by atoms with van der Waals surface area (Å²) in [4.78, 5) is 16.4. The van der Waals surface area contributed by atoms with E-state index >= 15 is 0 Å². The van der Waals surface area contributed by atoms with Crippen molar-refractivity contribution in [1.82, 2.24) is 9.55 Å². The number of rotatable bonds is 5. The number of carbonyl (C=O) groups excluding carboxylic acids is 1. The molecule has 0 atom stereocenters. The highest BCUT2D eigenvalue weighted by atomic mass is 35.5. The Morgan fingerprint density at radius 3 is 2.58 bits per heavy atom. The quantitative estimate of drug-likeness (QED) is 0.660. The van der Waals surface area contributed by atoms with Crippen LogP contribution in [0.2, 0.25) is 5.02 Å². The second-order valence-corrected chi connectivity index (χ2v) is 5.80. The second kappa shape index (κ2) is 7.32. The second-order valence-electron chi connectivity index (χ2n) is 5.39. The molecule has 0 spiro atoms. The summed E-state index contributed by atoms with van der Waals surface area (Å²) in [5.41, 5.74) is 2.48. The van der Waals surface area contributed by atoms with Crippen LogP contribution in [0.4, 0.5) is 0 Å². The number of carbonyl (C=O) groups is 1. The van der Waals surface area contributed by atoms with E-state index in [1.54, 1.807) is 12.3 Å². The molecule has 3 rings (SSSR count). The van der Waals surface area contributed by atoms with Crippen LogP contribution >= 0.6 is 11.6 Å². The van der Waals surface area contributed by atoms with Gasteiger partial charge in [-0.15, -0.1) is 0 Å². The van der Waals surface area contributed by atoms with Gasteiger partial charge in [-0.3, -0.25) is 0 Å². The highest BCUT2D eigenvalue weighted by Gasteiger charge is 2.13. The monoisotopic (exact) mass is 340 g/mol. The van der Waals surface area contributed by atoms with Gasteiger partial charge in [0.05, 0.1) is 12.7 Å². The van der Waals surface area contributed by atoms with Crippen molar-refractivity contribution >= 4 is 17.6 Å². The van der Waals surface area contributed by atoms with E-state index in [0.717, 1.165) is 22.0 Å². The van der Waals surface area contributed by atoms with Crippen molar-refractivity contribution in [2.45, 2.75) is 13.0 Å². The van der Waals surface area contributed by atoms with E-state index in [4.69, 9.17) is 16.3 Å². The molecular formula is C19H17ClN2O2. The molecule has 1 aromatic heterocycles. The van der Waals surface area contributed by atoms with Crippen molar-refractivity contribution in [3.8, 4) is 0 Å². The van der Waals surface area contributed by atoms with Gasteiger partial charge in [-0.2, -0.15) is 0 Å². The van der Waals surface area contributed by atoms with Crippen molar-refractivity contribution in [2.75, 3.05) is 7.11 Å². The summed E-state index contributed by atoms with van der Waals surface area (Å²) in [6, 6.07) is 15.2. The summed E-state index contributed by atoms with van der Waals surface area (Å²) in [6.45, 7) is 0.547. The minimum atomic E-state index is -0.335. The normalized spacial score (nSPS) is 10.6. The number of aromatic nitrogens is 2. The Hall–Kier alpha value is -2.59. The molecule has 24 heavy (non-hydrogen) atoms. The topological polar surface area (TPSA) is 44.1 Å². The first-order valence-corrected chi connectivity index (χ1v) is 7.96. The third kappa shape index (κ3) is 3.49. The minimum absolute atomic E-state index is 0.335. The van der Waals surface area contributed by atoms with Crippen molar-refractivity contribution < 1.29 is 9.53 Å². The fraction of sp³-hybridized carbons (Fsp3) is 0.158. The average molecular weight is 341 g/mol. The van der Waals surface area contributed by atoms with Gasteiger partial charge in [-0.25, -0.2) is 9.78 Å². The summed E-state index contributed by atoms with van der Waals surface area (Å²) < 4.78 is 6.88. The first kappa shape index (κ1) is 16.3. The zero-order valence-corrected chi connectivity index (χ0v) is 14.0. The SMILES string of the molecule is COC(=O)c1ccccc1Cn1ccnc1Cc1ccccc1Cl. The van der Waals surface area contributed by atoms with Crippen LogP contribution in [0, 0.1) is 0 Å². The highest BCUT2D eigenvalue weighted by molar-refractivity contribution is 6.31. The van der Waals surface area contributed by atoms with Crippen LogP contribution in [-0.2, 0) is 17.7 Å². The number of esters is 1. The van der Waals surface area contributed by atoms with E-state index in [0.29, 0.717) is 18.5 Å². The fourth-order valence-corrected chi connectivity index (χ4v) is 2.82. The molecule has 0 saturated heterocycles. The molecule has 122 valence electrons. The lowest BCUT2D eigenvalue weighted by atomic mass is 10.1. The molecule has 2 aromatic carbocycles. The number of ether oxygens (including phenoxy) is 1. The predicted molar refractivity (Wildman–Crippen MR) is 93.4 cm³/mol. The molecule has 0 radical (unpaired) electrons. The Labute approximate surface area is 145 Å². The third-order valence-electron chi connectivity index (χ3n) is 3.87. The van der Waals surface area contributed by atoms with Crippen LogP contribution < -0.4 is 0 Å². The van der Waals surface area contributed by atoms with Gasteiger partial charge in [-0.05, 0) is 23.3 Å². The van der Waals surface area contributed by atoms with E-state index in [2.05, 4.69) is 4.98 Å². The molecule has 5 heteroatoms. The molecule has 0 saturated carbocycles. The number of nitrogens with zero attached hydrogens (tertiary/aromatic N) is 2. The first-order valence-electron chi connectivity index (χ1n) is 7.58. The number of methoxy groups -OCH3 is 1. The summed E-state index contributed by atoms with van der Waals surface area (Å²) in [5, 5.41) is 0.724. The van der Waals surface area contributed by atoms with Crippen molar-refractivity contribution in [3.05, 3.63) is 88.5 Å². The molecule has 0 unspecified atom stereocenters. The summed E-state index contributed by atoms with van der Waals surface area (Å²) in [5.74, 6) is 0.557. The Balaban J connectivity index is 1.87. The lowest BCUT2D eigenvalue weighted by Crippen LogP contribution is -2.11. The largest absolute Gasteiger partial charge is 0.465 e. The van der Waals surface area contributed by atoms with Gasteiger partial charge < -0.3 is 9.30 Å². The molecule has 0 N–H and O–H groups in total. The van der Waals surface area contributed by atoms with Gasteiger partial charge in [0.2, 0.25) is 0 Å². The van der Waals surface area contributed by atoms with E-state index in [1.165, 1.54) is 7.11 Å². The molecule has 1 heterocycles. The Kier molecular flexibility index (Phi) is 4.96. The summed E-state index contributed by atoms with van der Waals surface area (Å²) in [6.07, 6.45) is 4.29. The van der Waals surface area contributed by atoms with Crippen molar-refractivity contribution in [1.29, 1.82) is 0 Å². The molecule has 0 aliphatic heterocycles. The van der Waals surface area contributed by atoms with Gasteiger partial charge in [-0.1, -0.05) is 48.0 Å². The highest BCUT2D eigenvalue weighted by Crippen LogP contribution is 2.19. The minimum Gasteiger partial charge on any atom is -0.465 e. The fourth-order valence-electron chi connectivity index (χ4n) is 2.61. The van der Waals surface area contributed by atoms with Gasteiger partial charge in [0, 0.05) is 30.4 Å². The maximum Gasteiger partial charge on any atom is 0.338 e. The standard InChI is InChI=1S/C19H17ClN2O2/c1-24-19(23)16-8-4-2-7-15(16)13-22-11-10-21-18(22)12-14-6-3-5-9-17(14)20/h2-11H,12-13H2,1H3. The molecule has 0 amide bonds.